The minimum atomic E-state index is -0.205. The van der Waals surface area contributed by atoms with Crippen LogP contribution in [0.1, 0.15) is 108 Å². The van der Waals surface area contributed by atoms with E-state index in [2.05, 4.69) is 13.8 Å². The van der Waals surface area contributed by atoms with Crippen LogP contribution in [0.5, 0.6) is 5.75 Å². The molecule has 0 aromatic heterocycles. The maximum atomic E-state index is 12.4. The second kappa shape index (κ2) is 15.0. The summed E-state index contributed by atoms with van der Waals surface area (Å²) in [6.45, 7) is 4.97. The Morgan fingerprint density at radius 2 is 1.48 bits per heavy atom. The third-order valence-corrected chi connectivity index (χ3v) is 6.43. The monoisotopic (exact) mass is 430 g/mol. The van der Waals surface area contributed by atoms with Gasteiger partial charge in [-0.15, -0.1) is 0 Å². The number of Topliss-reactive ketones (excluding diaryl/α,β-unsaturated/α-hetero) is 1. The van der Waals surface area contributed by atoms with E-state index in [1.165, 1.54) is 51.4 Å². The van der Waals surface area contributed by atoms with E-state index in [9.17, 15) is 9.59 Å². The molecule has 0 spiro atoms. The third-order valence-electron chi connectivity index (χ3n) is 6.43. The summed E-state index contributed by atoms with van der Waals surface area (Å²) in [6, 6.07) is 7.15. The van der Waals surface area contributed by atoms with E-state index in [1.807, 2.05) is 12.1 Å². The summed E-state index contributed by atoms with van der Waals surface area (Å²) in [6.07, 6.45) is 15.2. The van der Waals surface area contributed by atoms with Crippen molar-refractivity contribution < 1.29 is 19.1 Å². The number of benzene rings is 1. The highest BCUT2D eigenvalue weighted by Gasteiger charge is 2.27. The van der Waals surface area contributed by atoms with Gasteiger partial charge in [0.1, 0.15) is 5.75 Å². The highest BCUT2D eigenvalue weighted by molar-refractivity contribution is 5.98. The summed E-state index contributed by atoms with van der Waals surface area (Å²) >= 11 is 0. The summed E-state index contributed by atoms with van der Waals surface area (Å²) in [5.74, 6) is 1.13. The van der Waals surface area contributed by atoms with E-state index < -0.39 is 0 Å². The van der Waals surface area contributed by atoms with E-state index in [4.69, 9.17) is 9.47 Å². The average molecular weight is 431 g/mol. The van der Waals surface area contributed by atoms with Crippen LogP contribution in [-0.2, 0) is 9.53 Å². The van der Waals surface area contributed by atoms with E-state index in [0.29, 0.717) is 12.2 Å². The number of ketones is 1. The minimum Gasteiger partial charge on any atom is -0.494 e. The lowest BCUT2D eigenvalue weighted by atomic mass is 9.80. The molecule has 0 radical (unpaired) electrons. The third kappa shape index (κ3) is 9.88. The maximum absolute atomic E-state index is 12.4. The van der Waals surface area contributed by atoms with Crippen molar-refractivity contribution in [2.75, 3.05) is 13.2 Å². The Hall–Kier alpha value is -1.84. The highest BCUT2D eigenvalue weighted by atomic mass is 16.5. The molecule has 0 aliphatic heterocycles. The molecule has 0 heterocycles. The van der Waals surface area contributed by atoms with Gasteiger partial charge in [-0.25, -0.2) is 0 Å². The Balaban J connectivity index is 1.64. The molecule has 0 bridgehead atoms. The smallest absolute Gasteiger partial charge is 0.309 e. The van der Waals surface area contributed by atoms with E-state index in [-0.39, 0.29) is 24.3 Å². The first-order valence-electron chi connectivity index (χ1n) is 12.6. The fourth-order valence-electron chi connectivity index (χ4n) is 4.34. The van der Waals surface area contributed by atoms with Crippen LogP contribution >= 0.6 is 0 Å². The van der Waals surface area contributed by atoms with Gasteiger partial charge in [0, 0.05) is 5.56 Å². The molecule has 0 unspecified atom stereocenters. The van der Waals surface area contributed by atoms with Gasteiger partial charge in [0.05, 0.1) is 12.5 Å². The fraction of sp³-hybridized carbons (Fsp3) is 0.704. The molecule has 0 N–H and O–H groups in total. The predicted molar refractivity (Wildman–Crippen MR) is 126 cm³/mol. The van der Waals surface area contributed by atoms with Gasteiger partial charge in [0.2, 0.25) is 0 Å². The van der Waals surface area contributed by atoms with Crippen LogP contribution in [0, 0.1) is 11.8 Å². The first-order valence-corrected chi connectivity index (χ1v) is 12.6. The van der Waals surface area contributed by atoms with Crippen molar-refractivity contribution in [2.45, 2.75) is 97.3 Å². The van der Waals surface area contributed by atoms with E-state index >= 15 is 0 Å². The number of hydrogen-bond acceptors (Lipinski definition) is 4. The quantitative estimate of drug-likeness (QED) is 0.168. The lowest BCUT2D eigenvalue weighted by Gasteiger charge is -2.27. The molecule has 1 fully saturated rings. The van der Waals surface area contributed by atoms with Crippen LogP contribution < -0.4 is 4.74 Å². The summed E-state index contributed by atoms with van der Waals surface area (Å²) in [7, 11) is 0. The first-order chi connectivity index (χ1) is 15.1. The van der Waals surface area contributed by atoms with Crippen LogP contribution in [0.3, 0.4) is 0 Å². The van der Waals surface area contributed by atoms with Crippen molar-refractivity contribution >= 4 is 11.8 Å². The van der Waals surface area contributed by atoms with Gasteiger partial charge in [0.25, 0.3) is 0 Å². The molecule has 2 rings (SSSR count). The number of rotatable bonds is 15. The molecule has 1 aliphatic rings. The number of ether oxygens (including phenoxy) is 2. The zero-order chi connectivity index (χ0) is 22.3. The molecule has 174 valence electrons. The Labute approximate surface area is 189 Å². The molecule has 4 heteroatoms. The number of unbranched alkanes of at least 4 members (excludes halogenated alkanes) is 6. The number of carbonyl (C=O) groups excluding carboxylic acids is 2. The van der Waals surface area contributed by atoms with Crippen molar-refractivity contribution in [3.63, 3.8) is 0 Å². The molecular weight excluding hydrogens is 388 g/mol. The lowest BCUT2D eigenvalue weighted by Crippen LogP contribution is -2.25. The topological polar surface area (TPSA) is 52.6 Å². The van der Waals surface area contributed by atoms with Crippen LogP contribution in [0.2, 0.25) is 0 Å². The summed E-state index contributed by atoms with van der Waals surface area (Å²) in [5, 5.41) is 0. The van der Waals surface area contributed by atoms with Gasteiger partial charge in [-0.1, -0.05) is 65.2 Å². The van der Waals surface area contributed by atoms with Gasteiger partial charge in [-0.2, -0.15) is 0 Å². The molecular formula is C27H42O4. The van der Waals surface area contributed by atoms with Crippen LogP contribution in [0.15, 0.2) is 24.3 Å². The van der Waals surface area contributed by atoms with E-state index in [1.54, 1.807) is 12.1 Å². The molecule has 1 aliphatic carbocycles. The first kappa shape index (κ1) is 25.4. The minimum absolute atomic E-state index is 0.0386. The van der Waals surface area contributed by atoms with Gasteiger partial charge in [-0.3, -0.25) is 9.59 Å². The van der Waals surface area contributed by atoms with Crippen LogP contribution in [0.25, 0.3) is 0 Å². The second-order valence-electron chi connectivity index (χ2n) is 9.03. The second-order valence-corrected chi connectivity index (χ2v) is 9.03. The average Bonchev–Trinajstić information content (AvgIpc) is 2.80. The summed E-state index contributed by atoms with van der Waals surface area (Å²) in [5.41, 5.74) is 0.558. The van der Waals surface area contributed by atoms with Crippen molar-refractivity contribution in [3.05, 3.63) is 29.8 Å². The summed E-state index contributed by atoms with van der Waals surface area (Å²) in [4.78, 5) is 24.8. The number of carbonyl (C=O) groups is 2. The van der Waals surface area contributed by atoms with Crippen LogP contribution in [0.4, 0.5) is 0 Å². The Kier molecular flexibility index (Phi) is 12.3. The fourth-order valence-corrected chi connectivity index (χ4v) is 4.34. The predicted octanol–water partition coefficient (Wildman–Crippen LogP) is 7.15. The van der Waals surface area contributed by atoms with E-state index in [0.717, 1.165) is 43.8 Å². The van der Waals surface area contributed by atoms with Gasteiger partial charge in [-0.05, 0) is 62.3 Å². The Bertz CT molecular complexity index is 629. The van der Waals surface area contributed by atoms with Crippen molar-refractivity contribution in [1.82, 2.24) is 0 Å². The molecule has 0 saturated heterocycles. The highest BCUT2D eigenvalue weighted by Crippen LogP contribution is 2.32. The zero-order valence-electron chi connectivity index (χ0n) is 19.7. The number of hydrogen-bond donors (Lipinski definition) is 0. The Morgan fingerprint density at radius 3 is 2.16 bits per heavy atom. The van der Waals surface area contributed by atoms with Gasteiger partial charge in [0.15, 0.2) is 12.4 Å². The molecule has 0 atom stereocenters. The largest absolute Gasteiger partial charge is 0.494 e. The standard InChI is InChI=1S/C27H42O4/c1-3-5-7-8-10-20-30-25-18-16-23(17-19-25)26(28)21-31-27(29)24-14-12-22(13-15-24)11-9-6-4-2/h16-19,22,24H,3-15,20-21H2,1-2H3. The SMILES string of the molecule is CCCCCCCOc1ccc(C(=O)COC(=O)C2CCC(CCCCC)CC2)cc1. The van der Waals surface area contributed by atoms with Crippen LogP contribution in [-0.4, -0.2) is 25.0 Å². The molecule has 4 nitrogen and oxygen atoms in total. The van der Waals surface area contributed by atoms with Crippen molar-refractivity contribution in [3.8, 4) is 5.75 Å². The Morgan fingerprint density at radius 1 is 0.839 bits per heavy atom. The van der Waals surface area contributed by atoms with Gasteiger partial charge >= 0.3 is 5.97 Å². The molecule has 1 aromatic rings. The van der Waals surface area contributed by atoms with Gasteiger partial charge < -0.3 is 9.47 Å². The molecule has 31 heavy (non-hydrogen) atoms. The molecule has 0 amide bonds. The lowest BCUT2D eigenvalue weighted by molar-refractivity contribution is -0.148. The van der Waals surface area contributed by atoms with Crippen molar-refractivity contribution in [1.29, 1.82) is 0 Å². The number of esters is 1. The molecule has 1 saturated carbocycles. The normalized spacial score (nSPS) is 18.5. The maximum Gasteiger partial charge on any atom is 0.309 e. The molecule has 1 aromatic carbocycles. The zero-order valence-corrected chi connectivity index (χ0v) is 19.7. The summed E-state index contributed by atoms with van der Waals surface area (Å²) < 4.78 is 11.1. The van der Waals surface area contributed by atoms with Crippen molar-refractivity contribution in [2.24, 2.45) is 11.8 Å².